The number of hydrogen-bond acceptors (Lipinski definition) is 3. The summed E-state index contributed by atoms with van der Waals surface area (Å²) in [4.78, 5) is 11.6. The van der Waals surface area contributed by atoms with E-state index < -0.39 is 5.60 Å². The van der Waals surface area contributed by atoms with E-state index in [0.717, 1.165) is 40.3 Å². The summed E-state index contributed by atoms with van der Waals surface area (Å²) >= 11 is 3.63. The summed E-state index contributed by atoms with van der Waals surface area (Å²) in [6, 6.07) is 12.1. The van der Waals surface area contributed by atoms with Crippen LogP contribution in [0.2, 0.25) is 0 Å². The minimum absolute atomic E-state index is 0.216. The quantitative estimate of drug-likeness (QED) is 0.764. The van der Waals surface area contributed by atoms with E-state index in [1.165, 1.54) is 7.11 Å². The largest absolute Gasteiger partial charge is 0.485 e. The number of carbonyl (C=O) groups is 1. The molecule has 1 aliphatic carbocycles. The fourth-order valence-electron chi connectivity index (χ4n) is 2.75. The van der Waals surface area contributed by atoms with Gasteiger partial charge in [-0.15, -0.1) is 0 Å². The molecule has 0 amide bonds. The van der Waals surface area contributed by atoms with Crippen LogP contribution < -0.4 is 4.74 Å². The van der Waals surface area contributed by atoms with Crippen LogP contribution in [0.15, 0.2) is 40.9 Å². The summed E-state index contributed by atoms with van der Waals surface area (Å²) in [7, 11) is 1.42. The third kappa shape index (κ3) is 2.77. The monoisotopic (exact) mass is 348 g/mol. The lowest BCUT2D eigenvalue weighted by atomic mass is 9.77. The van der Waals surface area contributed by atoms with Crippen molar-refractivity contribution in [3.05, 3.63) is 40.9 Å². The minimum atomic E-state index is -0.405. The Bertz CT molecular complexity index is 677. The van der Waals surface area contributed by atoms with E-state index in [9.17, 15) is 4.79 Å². The smallest absolute Gasteiger partial charge is 0.309 e. The maximum Gasteiger partial charge on any atom is 0.309 e. The van der Waals surface area contributed by atoms with E-state index in [1.807, 2.05) is 24.3 Å². The molecule has 3 rings (SSSR count). The van der Waals surface area contributed by atoms with Gasteiger partial charge in [-0.2, -0.15) is 0 Å². The van der Waals surface area contributed by atoms with Crippen LogP contribution >= 0.6 is 15.9 Å². The summed E-state index contributed by atoms with van der Waals surface area (Å²) in [6.45, 7) is 0. The second-order valence-electron chi connectivity index (χ2n) is 5.49. The lowest BCUT2D eigenvalue weighted by Crippen LogP contribution is -2.45. The second kappa shape index (κ2) is 5.68. The number of benzene rings is 2. The molecular formula is C17H17BrO3. The molecule has 110 valence electrons. The van der Waals surface area contributed by atoms with Crippen molar-refractivity contribution in [3.63, 3.8) is 0 Å². The minimum Gasteiger partial charge on any atom is -0.485 e. The van der Waals surface area contributed by atoms with Crippen LogP contribution in [0.25, 0.3) is 10.8 Å². The van der Waals surface area contributed by atoms with Gasteiger partial charge in [0, 0.05) is 0 Å². The zero-order chi connectivity index (χ0) is 14.9. The van der Waals surface area contributed by atoms with Gasteiger partial charge in [0.05, 0.1) is 18.0 Å². The predicted octanol–water partition coefficient (Wildman–Crippen LogP) is 4.47. The van der Waals surface area contributed by atoms with Gasteiger partial charge in [-0.25, -0.2) is 0 Å². The molecule has 0 radical (unpaired) electrons. The van der Waals surface area contributed by atoms with Crippen molar-refractivity contribution < 1.29 is 14.3 Å². The summed E-state index contributed by atoms with van der Waals surface area (Å²) in [5.41, 5.74) is -0.405. The molecule has 1 aliphatic rings. The maximum absolute atomic E-state index is 11.6. The Morgan fingerprint density at radius 2 is 2.00 bits per heavy atom. The Hall–Kier alpha value is -1.55. The number of carbonyl (C=O) groups excluding carboxylic acids is 1. The van der Waals surface area contributed by atoms with Crippen molar-refractivity contribution in [1.29, 1.82) is 0 Å². The Morgan fingerprint density at radius 1 is 1.24 bits per heavy atom. The predicted molar refractivity (Wildman–Crippen MR) is 85.5 cm³/mol. The molecule has 0 N–H and O–H groups in total. The summed E-state index contributed by atoms with van der Waals surface area (Å²) in [5, 5.41) is 2.27. The Kier molecular flexibility index (Phi) is 3.89. The van der Waals surface area contributed by atoms with E-state index in [4.69, 9.17) is 9.47 Å². The number of rotatable bonds is 4. The van der Waals surface area contributed by atoms with Crippen molar-refractivity contribution in [3.8, 4) is 5.75 Å². The topological polar surface area (TPSA) is 35.5 Å². The average Bonchev–Trinajstić information content (AvgIpc) is 2.47. The number of halogens is 1. The highest BCUT2D eigenvalue weighted by atomic mass is 79.9. The molecule has 0 heterocycles. The fraction of sp³-hybridized carbons (Fsp3) is 0.353. The van der Waals surface area contributed by atoms with Crippen LogP contribution in [0.4, 0.5) is 0 Å². The zero-order valence-corrected chi connectivity index (χ0v) is 13.5. The van der Waals surface area contributed by atoms with Crippen LogP contribution in [-0.2, 0) is 9.53 Å². The van der Waals surface area contributed by atoms with Gasteiger partial charge in [0.15, 0.2) is 0 Å². The zero-order valence-electron chi connectivity index (χ0n) is 11.9. The van der Waals surface area contributed by atoms with Gasteiger partial charge in [-0.3, -0.25) is 4.79 Å². The number of hydrogen-bond donors (Lipinski definition) is 0. The molecule has 1 saturated carbocycles. The first-order valence-electron chi connectivity index (χ1n) is 7.07. The molecule has 2 aromatic carbocycles. The first kappa shape index (κ1) is 14.4. The van der Waals surface area contributed by atoms with Gasteiger partial charge < -0.3 is 9.47 Å². The van der Waals surface area contributed by atoms with Gasteiger partial charge in [0.1, 0.15) is 11.4 Å². The van der Waals surface area contributed by atoms with E-state index in [-0.39, 0.29) is 5.97 Å². The number of methoxy groups -OCH3 is 1. The van der Waals surface area contributed by atoms with Gasteiger partial charge in [0.25, 0.3) is 0 Å². The Morgan fingerprint density at radius 3 is 2.67 bits per heavy atom. The summed E-state index contributed by atoms with van der Waals surface area (Å²) in [6.07, 6.45) is 3.17. The molecule has 0 saturated heterocycles. The lowest BCUT2D eigenvalue weighted by Gasteiger charge is -2.41. The highest BCUT2D eigenvalue weighted by molar-refractivity contribution is 9.10. The first-order chi connectivity index (χ1) is 10.1. The van der Waals surface area contributed by atoms with E-state index in [2.05, 4.69) is 28.1 Å². The molecule has 4 heteroatoms. The molecule has 1 fully saturated rings. The van der Waals surface area contributed by atoms with Crippen molar-refractivity contribution in [1.82, 2.24) is 0 Å². The van der Waals surface area contributed by atoms with Crippen LogP contribution in [0, 0.1) is 0 Å². The van der Waals surface area contributed by atoms with Crippen molar-refractivity contribution in [2.75, 3.05) is 7.11 Å². The van der Waals surface area contributed by atoms with Crippen molar-refractivity contribution >= 4 is 32.7 Å². The Labute approximate surface area is 132 Å². The van der Waals surface area contributed by atoms with Crippen LogP contribution in [0.5, 0.6) is 5.75 Å². The summed E-state index contributed by atoms with van der Waals surface area (Å²) in [5.74, 6) is 0.573. The maximum atomic E-state index is 11.6. The number of fused-ring (bicyclic) bond motifs is 1. The number of ether oxygens (including phenoxy) is 2. The van der Waals surface area contributed by atoms with Crippen LogP contribution in [-0.4, -0.2) is 18.7 Å². The molecule has 0 aliphatic heterocycles. The highest BCUT2D eigenvalue weighted by Crippen LogP contribution is 2.43. The molecule has 21 heavy (non-hydrogen) atoms. The third-order valence-electron chi connectivity index (χ3n) is 4.11. The van der Waals surface area contributed by atoms with Gasteiger partial charge >= 0.3 is 5.97 Å². The lowest BCUT2D eigenvalue weighted by molar-refractivity contribution is -0.148. The van der Waals surface area contributed by atoms with E-state index in [1.54, 1.807) is 0 Å². The number of esters is 1. The van der Waals surface area contributed by atoms with Gasteiger partial charge in [-0.05, 0) is 52.0 Å². The van der Waals surface area contributed by atoms with Crippen molar-refractivity contribution in [2.45, 2.75) is 31.3 Å². The van der Waals surface area contributed by atoms with Gasteiger partial charge in [-0.1, -0.05) is 30.3 Å². The normalized spacial score (nSPS) is 16.3. The van der Waals surface area contributed by atoms with Crippen molar-refractivity contribution in [2.24, 2.45) is 0 Å². The Balaban J connectivity index is 1.90. The molecule has 2 aromatic rings. The fourth-order valence-corrected chi connectivity index (χ4v) is 3.32. The molecule has 3 nitrogen and oxygen atoms in total. The van der Waals surface area contributed by atoms with Gasteiger partial charge in [0.2, 0.25) is 0 Å². The standard InChI is InChI=1S/C17H17BrO3/c1-20-15(19)11-17(9-4-10-17)21-14-8-7-12-5-2-3-6-13(12)16(14)18/h2-3,5-8H,4,9-11H2,1H3. The average molecular weight is 349 g/mol. The van der Waals surface area contributed by atoms with Crippen LogP contribution in [0.1, 0.15) is 25.7 Å². The molecule has 0 atom stereocenters. The SMILES string of the molecule is COC(=O)CC1(Oc2ccc3ccccc3c2Br)CCC1. The molecule has 0 spiro atoms. The molecule has 0 bridgehead atoms. The summed E-state index contributed by atoms with van der Waals surface area (Å²) < 4.78 is 11.9. The highest BCUT2D eigenvalue weighted by Gasteiger charge is 2.42. The second-order valence-corrected chi connectivity index (χ2v) is 6.28. The first-order valence-corrected chi connectivity index (χ1v) is 7.86. The third-order valence-corrected chi connectivity index (χ3v) is 4.93. The molecule has 0 unspecified atom stereocenters. The van der Waals surface area contributed by atoms with Crippen LogP contribution in [0.3, 0.4) is 0 Å². The van der Waals surface area contributed by atoms with E-state index in [0.29, 0.717) is 6.42 Å². The van der Waals surface area contributed by atoms with E-state index >= 15 is 0 Å². The molecule has 0 aromatic heterocycles. The molecular weight excluding hydrogens is 332 g/mol.